The molecular formula is C17H22F2N2O. The lowest BCUT2D eigenvalue weighted by Crippen LogP contribution is -2.37. The molecule has 3 nitrogen and oxygen atoms in total. The van der Waals surface area contributed by atoms with Gasteiger partial charge in [-0.05, 0) is 30.0 Å². The van der Waals surface area contributed by atoms with E-state index in [1.807, 2.05) is 18.2 Å². The van der Waals surface area contributed by atoms with Crippen molar-refractivity contribution in [2.75, 3.05) is 13.1 Å². The van der Waals surface area contributed by atoms with Gasteiger partial charge in [-0.3, -0.25) is 4.79 Å². The van der Waals surface area contributed by atoms with Crippen LogP contribution in [0.1, 0.15) is 48.5 Å². The minimum atomic E-state index is -2.52. The lowest BCUT2D eigenvalue weighted by Gasteiger charge is -2.13. The number of amides is 1. The largest absolute Gasteiger partial charge is 0.350 e. The summed E-state index contributed by atoms with van der Waals surface area (Å²) in [7, 11) is 0. The van der Waals surface area contributed by atoms with Crippen LogP contribution in [-0.4, -0.2) is 31.0 Å². The van der Waals surface area contributed by atoms with Crippen LogP contribution in [0.3, 0.4) is 0 Å². The zero-order valence-electron chi connectivity index (χ0n) is 13.0. The van der Waals surface area contributed by atoms with Crippen molar-refractivity contribution in [1.29, 1.82) is 0 Å². The van der Waals surface area contributed by atoms with Gasteiger partial charge in [-0.25, -0.2) is 8.78 Å². The topological polar surface area (TPSA) is 41.1 Å². The Hall–Kier alpha value is -1.49. The van der Waals surface area contributed by atoms with E-state index in [0.29, 0.717) is 31.0 Å². The number of halogens is 2. The van der Waals surface area contributed by atoms with Crippen LogP contribution < -0.4 is 10.6 Å². The van der Waals surface area contributed by atoms with Crippen molar-refractivity contribution in [2.45, 2.75) is 44.6 Å². The molecule has 1 aromatic carbocycles. The number of alkyl halides is 2. The van der Waals surface area contributed by atoms with E-state index in [-0.39, 0.29) is 18.4 Å². The van der Waals surface area contributed by atoms with Gasteiger partial charge in [0.15, 0.2) is 0 Å². The number of benzene rings is 1. The summed E-state index contributed by atoms with van der Waals surface area (Å²) in [4.78, 5) is 12.2. The van der Waals surface area contributed by atoms with Gasteiger partial charge in [-0.2, -0.15) is 0 Å². The Morgan fingerprint density at radius 3 is 2.77 bits per heavy atom. The third kappa shape index (κ3) is 2.74. The first-order chi connectivity index (χ1) is 10.3. The van der Waals surface area contributed by atoms with Crippen LogP contribution in [0.15, 0.2) is 24.3 Å². The minimum absolute atomic E-state index is 0.0200. The highest BCUT2D eigenvalue weighted by molar-refractivity contribution is 5.94. The molecule has 5 heteroatoms. The van der Waals surface area contributed by atoms with Crippen LogP contribution in [0, 0.1) is 5.41 Å². The molecule has 120 valence electrons. The maximum atomic E-state index is 13.3. The van der Waals surface area contributed by atoms with Crippen molar-refractivity contribution in [1.82, 2.24) is 10.6 Å². The van der Waals surface area contributed by atoms with E-state index in [9.17, 15) is 13.6 Å². The summed E-state index contributed by atoms with van der Waals surface area (Å²) in [5, 5.41) is 5.96. The molecule has 2 unspecified atom stereocenters. The predicted octanol–water partition coefficient (Wildman–Crippen LogP) is 2.93. The van der Waals surface area contributed by atoms with Crippen LogP contribution in [0.2, 0.25) is 0 Å². The molecule has 1 saturated heterocycles. The van der Waals surface area contributed by atoms with Crippen LogP contribution in [0.5, 0.6) is 0 Å². The van der Waals surface area contributed by atoms with Crippen molar-refractivity contribution < 1.29 is 13.6 Å². The third-order valence-electron chi connectivity index (χ3n) is 4.90. The average Bonchev–Trinajstić information content (AvgIpc) is 2.82. The van der Waals surface area contributed by atoms with E-state index in [0.717, 1.165) is 5.56 Å². The molecule has 1 aliphatic carbocycles. The number of hydrogen-bond acceptors (Lipinski definition) is 2. The van der Waals surface area contributed by atoms with E-state index in [2.05, 4.69) is 24.5 Å². The van der Waals surface area contributed by atoms with E-state index >= 15 is 0 Å². The van der Waals surface area contributed by atoms with Crippen molar-refractivity contribution in [3.63, 3.8) is 0 Å². The maximum Gasteiger partial charge on any atom is 0.255 e. The highest BCUT2D eigenvalue weighted by Gasteiger charge is 2.72. The third-order valence-corrected chi connectivity index (χ3v) is 4.90. The molecule has 1 aromatic rings. The predicted molar refractivity (Wildman–Crippen MR) is 81.3 cm³/mol. The number of hydrogen-bond donors (Lipinski definition) is 2. The summed E-state index contributed by atoms with van der Waals surface area (Å²) in [6.07, 6.45) is 0.417. The van der Waals surface area contributed by atoms with Gasteiger partial charge in [0.2, 0.25) is 0 Å². The molecule has 2 N–H and O–H groups in total. The molecule has 0 aromatic heterocycles. The van der Waals surface area contributed by atoms with Gasteiger partial charge in [0.05, 0.1) is 5.41 Å². The van der Waals surface area contributed by atoms with Gasteiger partial charge in [-0.15, -0.1) is 0 Å². The fourth-order valence-electron chi connectivity index (χ4n) is 3.25. The second-order valence-corrected chi connectivity index (χ2v) is 6.93. The van der Waals surface area contributed by atoms with Gasteiger partial charge < -0.3 is 10.6 Å². The summed E-state index contributed by atoms with van der Waals surface area (Å²) in [5.41, 5.74) is 0.888. The molecule has 2 fully saturated rings. The molecule has 1 aliphatic heterocycles. The van der Waals surface area contributed by atoms with Gasteiger partial charge >= 0.3 is 0 Å². The van der Waals surface area contributed by atoms with Crippen molar-refractivity contribution in [3.8, 4) is 0 Å². The molecule has 0 bridgehead atoms. The molecule has 0 radical (unpaired) electrons. The highest BCUT2D eigenvalue weighted by Crippen LogP contribution is 2.64. The Labute approximate surface area is 129 Å². The molecule has 2 atom stereocenters. The summed E-state index contributed by atoms with van der Waals surface area (Å²) in [6.45, 7) is 4.90. The summed E-state index contributed by atoms with van der Waals surface area (Å²) in [6, 6.07) is 7.47. The fraction of sp³-hybridized carbons (Fsp3) is 0.588. The molecule has 2 aliphatic rings. The Morgan fingerprint density at radius 2 is 2.18 bits per heavy atom. The lowest BCUT2D eigenvalue weighted by atomic mass is 10.0. The normalized spacial score (nSPS) is 29.0. The quantitative estimate of drug-likeness (QED) is 0.898. The van der Waals surface area contributed by atoms with Gasteiger partial charge in [0, 0.05) is 31.1 Å². The van der Waals surface area contributed by atoms with E-state index in [4.69, 9.17) is 0 Å². The van der Waals surface area contributed by atoms with Gasteiger partial charge in [-0.1, -0.05) is 26.0 Å². The number of nitrogens with one attached hydrogen (secondary N) is 2. The minimum Gasteiger partial charge on any atom is -0.350 e. The standard InChI is InChI=1S/C17H22F2N2O/c1-11(2)12-4-3-5-13(6-12)15(22)20-8-14-7-16(10-21-14)9-17(16,18)19/h3-6,11,14,21H,7-10H2,1-2H3,(H,20,22). The Morgan fingerprint density at radius 1 is 1.45 bits per heavy atom. The first-order valence-corrected chi connectivity index (χ1v) is 7.82. The van der Waals surface area contributed by atoms with Crippen LogP contribution >= 0.6 is 0 Å². The Bertz CT molecular complexity index is 588. The number of carbonyl (C=O) groups excluding carboxylic acids is 1. The first kappa shape index (κ1) is 15.4. The first-order valence-electron chi connectivity index (χ1n) is 7.82. The molecule has 22 heavy (non-hydrogen) atoms. The summed E-state index contributed by atoms with van der Waals surface area (Å²) < 4.78 is 26.6. The van der Waals surface area contributed by atoms with E-state index in [1.54, 1.807) is 6.07 Å². The molecule has 1 spiro atoms. The zero-order chi connectivity index (χ0) is 16.0. The average molecular weight is 308 g/mol. The maximum absolute atomic E-state index is 13.3. The molecule has 1 amide bonds. The molecule has 1 heterocycles. The smallest absolute Gasteiger partial charge is 0.255 e. The summed E-state index contributed by atoms with van der Waals surface area (Å²) in [5.74, 6) is -2.31. The zero-order valence-corrected chi connectivity index (χ0v) is 13.0. The Kier molecular flexibility index (Phi) is 3.71. The second kappa shape index (κ2) is 5.30. The molecular weight excluding hydrogens is 286 g/mol. The van der Waals surface area contributed by atoms with Crippen LogP contribution in [0.25, 0.3) is 0 Å². The number of carbonyl (C=O) groups is 1. The fourth-order valence-corrected chi connectivity index (χ4v) is 3.25. The lowest BCUT2D eigenvalue weighted by molar-refractivity contribution is 0.0696. The second-order valence-electron chi connectivity index (χ2n) is 6.93. The van der Waals surface area contributed by atoms with E-state index in [1.165, 1.54) is 0 Å². The van der Waals surface area contributed by atoms with Crippen molar-refractivity contribution in [3.05, 3.63) is 35.4 Å². The SMILES string of the molecule is CC(C)c1cccc(C(=O)NCC2CC3(CN2)CC3(F)F)c1. The van der Waals surface area contributed by atoms with Crippen molar-refractivity contribution in [2.24, 2.45) is 5.41 Å². The molecule has 3 rings (SSSR count). The monoisotopic (exact) mass is 308 g/mol. The van der Waals surface area contributed by atoms with E-state index < -0.39 is 11.3 Å². The van der Waals surface area contributed by atoms with Crippen LogP contribution in [0.4, 0.5) is 8.78 Å². The molecule has 1 saturated carbocycles. The number of rotatable bonds is 4. The van der Waals surface area contributed by atoms with Gasteiger partial charge in [0.25, 0.3) is 11.8 Å². The highest BCUT2D eigenvalue weighted by atomic mass is 19.3. The summed E-state index contributed by atoms with van der Waals surface area (Å²) >= 11 is 0. The van der Waals surface area contributed by atoms with Gasteiger partial charge in [0.1, 0.15) is 0 Å². The Balaban J connectivity index is 1.54. The van der Waals surface area contributed by atoms with Crippen LogP contribution in [-0.2, 0) is 0 Å². The van der Waals surface area contributed by atoms with Crippen molar-refractivity contribution >= 4 is 5.91 Å².